The number of nitrogen functional groups attached to an aromatic ring is 1. The Kier molecular flexibility index (Phi) is 3.48. The van der Waals surface area contributed by atoms with E-state index < -0.39 is 5.82 Å². The molecule has 0 spiro atoms. The largest absolute Gasteiger partial charge is 0.398 e. The lowest BCUT2D eigenvalue weighted by Gasteiger charge is -2.06. The second-order valence-electron chi connectivity index (χ2n) is 4.08. The minimum Gasteiger partial charge on any atom is -0.398 e. The summed E-state index contributed by atoms with van der Waals surface area (Å²) >= 11 is 3.27. The number of carbonyl (C=O) groups excluding carboxylic acids is 1. The summed E-state index contributed by atoms with van der Waals surface area (Å²) in [5, 5.41) is 0. The molecule has 2 nitrogen and oxygen atoms in total. The highest BCUT2D eigenvalue weighted by Gasteiger charge is 2.13. The van der Waals surface area contributed by atoms with Crippen LogP contribution in [0.1, 0.15) is 21.5 Å². The van der Waals surface area contributed by atoms with Crippen LogP contribution in [-0.4, -0.2) is 5.78 Å². The summed E-state index contributed by atoms with van der Waals surface area (Å²) in [5.41, 5.74) is 7.55. The third kappa shape index (κ3) is 2.59. The van der Waals surface area contributed by atoms with Crippen LogP contribution < -0.4 is 5.73 Å². The number of carbonyl (C=O) groups is 1. The molecule has 0 radical (unpaired) electrons. The molecule has 2 N–H and O–H groups in total. The highest BCUT2D eigenvalue weighted by molar-refractivity contribution is 9.10. The Morgan fingerprint density at radius 1 is 1.22 bits per heavy atom. The predicted octanol–water partition coefficient (Wildman–Crippen LogP) is 3.71. The summed E-state index contributed by atoms with van der Waals surface area (Å²) in [4.78, 5) is 12.2. The van der Waals surface area contributed by atoms with Gasteiger partial charge in [-0.2, -0.15) is 0 Å². The Hall–Kier alpha value is -1.68. The van der Waals surface area contributed by atoms with E-state index in [1.165, 1.54) is 12.1 Å². The van der Waals surface area contributed by atoms with Crippen LogP contribution in [-0.2, 0) is 0 Å². The van der Waals surface area contributed by atoms with E-state index in [-0.39, 0.29) is 5.78 Å². The van der Waals surface area contributed by atoms with Crippen molar-refractivity contribution < 1.29 is 9.18 Å². The van der Waals surface area contributed by atoms with Crippen molar-refractivity contribution in [2.75, 3.05) is 5.73 Å². The first-order valence-corrected chi connectivity index (χ1v) is 6.13. The maximum atomic E-state index is 13.3. The zero-order valence-electron chi connectivity index (χ0n) is 9.71. The molecule has 0 fully saturated rings. The lowest BCUT2D eigenvalue weighted by molar-refractivity contribution is 0.103. The average molecular weight is 308 g/mol. The fraction of sp³-hybridized carbons (Fsp3) is 0.0714. The summed E-state index contributed by atoms with van der Waals surface area (Å²) in [6.45, 7) is 1.74. The van der Waals surface area contributed by atoms with Gasteiger partial charge in [0.05, 0.1) is 0 Å². The Morgan fingerprint density at radius 2 is 1.94 bits per heavy atom. The van der Waals surface area contributed by atoms with Crippen LogP contribution in [0.15, 0.2) is 40.9 Å². The highest BCUT2D eigenvalue weighted by atomic mass is 79.9. The number of aryl methyl sites for hydroxylation is 1. The lowest BCUT2D eigenvalue weighted by Crippen LogP contribution is -2.06. The number of hydrogen-bond acceptors (Lipinski definition) is 2. The second-order valence-corrected chi connectivity index (χ2v) is 4.99. The predicted molar refractivity (Wildman–Crippen MR) is 73.1 cm³/mol. The monoisotopic (exact) mass is 307 g/mol. The maximum absolute atomic E-state index is 13.3. The molecule has 0 aromatic heterocycles. The van der Waals surface area contributed by atoms with Crippen molar-refractivity contribution >= 4 is 27.4 Å². The Labute approximate surface area is 113 Å². The van der Waals surface area contributed by atoms with Crippen LogP contribution in [0.25, 0.3) is 0 Å². The number of anilines is 1. The molecular weight excluding hydrogens is 297 g/mol. The van der Waals surface area contributed by atoms with Crippen LogP contribution >= 0.6 is 15.9 Å². The average Bonchev–Trinajstić information content (AvgIpc) is 2.26. The molecule has 0 aliphatic carbocycles. The van der Waals surface area contributed by atoms with Gasteiger partial charge in [-0.25, -0.2) is 4.39 Å². The number of benzene rings is 2. The molecule has 2 aromatic carbocycles. The van der Waals surface area contributed by atoms with E-state index in [2.05, 4.69) is 15.9 Å². The molecule has 0 atom stereocenters. The smallest absolute Gasteiger partial charge is 0.195 e. The number of hydrogen-bond donors (Lipinski definition) is 1. The van der Waals surface area contributed by atoms with E-state index in [0.717, 1.165) is 4.47 Å². The van der Waals surface area contributed by atoms with Gasteiger partial charge in [0, 0.05) is 21.3 Å². The van der Waals surface area contributed by atoms with Crippen LogP contribution in [0.4, 0.5) is 10.1 Å². The van der Waals surface area contributed by atoms with Gasteiger partial charge >= 0.3 is 0 Å². The van der Waals surface area contributed by atoms with E-state index in [1.54, 1.807) is 31.2 Å². The van der Waals surface area contributed by atoms with Gasteiger partial charge in [-0.15, -0.1) is 0 Å². The van der Waals surface area contributed by atoms with Crippen molar-refractivity contribution in [2.45, 2.75) is 6.92 Å². The van der Waals surface area contributed by atoms with Gasteiger partial charge in [0.15, 0.2) is 5.78 Å². The first kappa shape index (κ1) is 12.8. The van der Waals surface area contributed by atoms with Crippen molar-refractivity contribution in [2.24, 2.45) is 0 Å². The van der Waals surface area contributed by atoms with Gasteiger partial charge in [0.25, 0.3) is 0 Å². The maximum Gasteiger partial charge on any atom is 0.195 e. The van der Waals surface area contributed by atoms with Crippen LogP contribution in [0.2, 0.25) is 0 Å². The molecule has 2 rings (SSSR count). The van der Waals surface area contributed by atoms with Crippen LogP contribution in [0.5, 0.6) is 0 Å². The first-order chi connectivity index (χ1) is 8.47. The minimum atomic E-state index is -0.422. The van der Waals surface area contributed by atoms with Crippen molar-refractivity contribution in [3.8, 4) is 0 Å². The SMILES string of the molecule is Cc1cc(F)cc(C(=O)c2ccc(Br)cc2N)c1. The Morgan fingerprint density at radius 3 is 2.56 bits per heavy atom. The number of rotatable bonds is 2. The summed E-state index contributed by atoms with van der Waals surface area (Å²) in [6, 6.07) is 9.25. The molecular formula is C14H11BrFNO. The number of nitrogens with two attached hydrogens (primary N) is 1. The fourth-order valence-corrected chi connectivity index (χ4v) is 2.14. The van der Waals surface area contributed by atoms with E-state index in [0.29, 0.717) is 22.4 Å². The fourth-order valence-electron chi connectivity index (χ4n) is 1.76. The normalized spacial score (nSPS) is 10.4. The number of ketones is 1. The Bertz CT molecular complexity index is 605. The summed E-state index contributed by atoms with van der Waals surface area (Å²) < 4.78 is 14.1. The topological polar surface area (TPSA) is 43.1 Å². The first-order valence-electron chi connectivity index (χ1n) is 5.34. The molecule has 92 valence electrons. The standard InChI is InChI=1S/C14H11BrFNO/c1-8-4-9(6-11(16)5-8)14(18)12-3-2-10(15)7-13(12)17/h2-7H,17H2,1H3. The van der Waals surface area contributed by atoms with Gasteiger partial charge in [-0.05, 0) is 48.9 Å². The molecule has 0 heterocycles. The molecule has 0 aliphatic heterocycles. The van der Waals surface area contributed by atoms with Gasteiger partial charge < -0.3 is 5.73 Å². The quantitative estimate of drug-likeness (QED) is 0.679. The molecule has 0 amide bonds. The molecule has 0 bridgehead atoms. The van der Waals surface area contributed by atoms with E-state index >= 15 is 0 Å². The van der Waals surface area contributed by atoms with E-state index in [4.69, 9.17) is 5.73 Å². The van der Waals surface area contributed by atoms with Crippen LogP contribution in [0.3, 0.4) is 0 Å². The van der Waals surface area contributed by atoms with E-state index in [9.17, 15) is 9.18 Å². The zero-order valence-corrected chi connectivity index (χ0v) is 11.3. The van der Waals surface area contributed by atoms with Gasteiger partial charge in [-0.1, -0.05) is 15.9 Å². The zero-order chi connectivity index (χ0) is 13.3. The van der Waals surface area contributed by atoms with E-state index in [1.807, 2.05) is 0 Å². The molecule has 18 heavy (non-hydrogen) atoms. The summed E-state index contributed by atoms with van der Waals surface area (Å²) in [6.07, 6.45) is 0. The molecule has 0 aliphatic rings. The van der Waals surface area contributed by atoms with Crippen molar-refractivity contribution in [1.29, 1.82) is 0 Å². The van der Waals surface area contributed by atoms with Gasteiger partial charge in [0.1, 0.15) is 5.82 Å². The Balaban J connectivity index is 2.47. The lowest BCUT2D eigenvalue weighted by atomic mass is 10.0. The van der Waals surface area contributed by atoms with Gasteiger partial charge in [-0.3, -0.25) is 4.79 Å². The van der Waals surface area contributed by atoms with Gasteiger partial charge in [0.2, 0.25) is 0 Å². The van der Waals surface area contributed by atoms with Crippen molar-refractivity contribution in [1.82, 2.24) is 0 Å². The molecule has 0 saturated carbocycles. The van der Waals surface area contributed by atoms with Crippen molar-refractivity contribution in [3.05, 3.63) is 63.4 Å². The highest BCUT2D eigenvalue weighted by Crippen LogP contribution is 2.22. The van der Waals surface area contributed by atoms with Crippen LogP contribution in [0, 0.1) is 12.7 Å². The third-order valence-electron chi connectivity index (χ3n) is 2.56. The summed E-state index contributed by atoms with van der Waals surface area (Å²) in [5.74, 6) is -0.698. The number of halogens is 2. The summed E-state index contributed by atoms with van der Waals surface area (Å²) in [7, 11) is 0. The van der Waals surface area contributed by atoms with Crippen molar-refractivity contribution in [3.63, 3.8) is 0 Å². The molecule has 2 aromatic rings. The third-order valence-corrected chi connectivity index (χ3v) is 3.06. The minimum absolute atomic E-state index is 0.275. The molecule has 4 heteroatoms. The molecule has 0 saturated heterocycles. The molecule has 0 unspecified atom stereocenters. The second kappa shape index (κ2) is 4.90.